The summed E-state index contributed by atoms with van der Waals surface area (Å²) in [5, 5.41) is 18.6. The molecule has 1 N–H and O–H groups in total. The number of aromatic nitrogens is 3. The first-order valence-corrected chi connectivity index (χ1v) is 13.5. The van der Waals surface area contributed by atoms with Gasteiger partial charge in [-0.3, -0.25) is 0 Å². The van der Waals surface area contributed by atoms with Crippen LogP contribution in [0.1, 0.15) is 41.8 Å². The third kappa shape index (κ3) is 4.57. The molecular weight excluding hydrogens is 470 g/mol. The van der Waals surface area contributed by atoms with Gasteiger partial charge in [0.15, 0.2) is 11.4 Å². The molecule has 29 heavy (non-hydrogen) atoms. The molecule has 0 amide bonds. The quantitative estimate of drug-likeness (QED) is 0.433. The number of carbonyl (C=O) groups is 1. The van der Waals surface area contributed by atoms with E-state index in [9.17, 15) is 9.90 Å². The van der Waals surface area contributed by atoms with Gasteiger partial charge in [-0.2, -0.15) is 5.10 Å². The van der Waals surface area contributed by atoms with Crippen LogP contribution in [-0.4, -0.2) is 34.6 Å². The molecule has 0 aliphatic carbocycles. The molecular formula is C20H22BrN3O3SSi. The van der Waals surface area contributed by atoms with E-state index in [0.717, 1.165) is 8.66 Å². The van der Waals surface area contributed by atoms with Gasteiger partial charge >= 0.3 is 5.97 Å². The zero-order valence-corrected chi connectivity index (χ0v) is 20.3. The molecule has 0 radical (unpaired) electrons. The van der Waals surface area contributed by atoms with Crippen LogP contribution in [0.3, 0.4) is 0 Å². The number of carboxylic acid groups (broad SMARTS) is 1. The molecule has 0 unspecified atom stereocenters. The molecule has 3 aromatic heterocycles. The van der Waals surface area contributed by atoms with E-state index < -0.39 is 14.3 Å². The van der Waals surface area contributed by atoms with E-state index in [0.29, 0.717) is 16.6 Å². The van der Waals surface area contributed by atoms with Crippen molar-refractivity contribution < 1.29 is 14.3 Å². The molecule has 0 bridgehead atoms. The number of hydrogen-bond acceptors (Lipinski definition) is 6. The van der Waals surface area contributed by atoms with Gasteiger partial charge in [-0.1, -0.05) is 20.8 Å². The Morgan fingerprint density at radius 2 is 1.97 bits per heavy atom. The van der Waals surface area contributed by atoms with Crippen LogP contribution >= 0.6 is 27.3 Å². The number of aromatic carboxylic acids is 1. The van der Waals surface area contributed by atoms with Crippen LogP contribution in [0.5, 0.6) is 5.75 Å². The molecule has 9 heteroatoms. The number of halogens is 1. The fourth-order valence-corrected chi connectivity index (χ4v) is 4.74. The SMILES string of the molecule is CC(C)(C)[Si](C)(C)Oc1c(C(=O)O)nc(C=Cc2ccc(Br)s2)c2ccnnc12. The Morgan fingerprint density at radius 3 is 2.55 bits per heavy atom. The molecule has 6 nitrogen and oxygen atoms in total. The average molecular weight is 492 g/mol. The lowest BCUT2D eigenvalue weighted by Crippen LogP contribution is -2.44. The van der Waals surface area contributed by atoms with E-state index >= 15 is 0 Å². The maximum absolute atomic E-state index is 12.0. The summed E-state index contributed by atoms with van der Waals surface area (Å²) in [4.78, 5) is 17.5. The van der Waals surface area contributed by atoms with Crippen LogP contribution in [0, 0.1) is 0 Å². The average Bonchev–Trinajstić information content (AvgIpc) is 3.05. The topological polar surface area (TPSA) is 85.2 Å². The Bertz CT molecular complexity index is 1110. The van der Waals surface area contributed by atoms with Gasteiger partial charge in [0.05, 0.1) is 15.7 Å². The summed E-state index contributed by atoms with van der Waals surface area (Å²) in [6.07, 6.45) is 5.27. The van der Waals surface area contributed by atoms with Crippen LogP contribution in [0.4, 0.5) is 0 Å². The lowest BCUT2D eigenvalue weighted by atomic mass is 10.1. The summed E-state index contributed by atoms with van der Waals surface area (Å²) in [6, 6.07) is 5.71. The van der Waals surface area contributed by atoms with E-state index in [2.05, 4.69) is 65.0 Å². The van der Waals surface area contributed by atoms with Gasteiger partial charge in [0, 0.05) is 10.3 Å². The van der Waals surface area contributed by atoms with Gasteiger partial charge in [0.25, 0.3) is 8.32 Å². The molecule has 3 heterocycles. The zero-order valence-electron chi connectivity index (χ0n) is 16.9. The Balaban J connectivity index is 2.19. The third-order valence-corrected chi connectivity index (χ3v) is 10.9. The number of thiophene rings is 1. The highest BCUT2D eigenvalue weighted by Crippen LogP contribution is 2.40. The zero-order chi connectivity index (χ0) is 21.4. The predicted octanol–water partition coefficient (Wildman–Crippen LogP) is 6.10. The maximum atomic E-state index is 12.0. The van der Waals surface area contributed by atoms with Crippen LogP contribution in [0.2, 0.25) is 18.1 Å². The normalized spacial score (nSPS) is 12.6. The molecule has 3 rings (SSSR count). The Hall–Kier alpha value is -2.10. The molecule has 0 aliphatic rings. The molecule has 0 saturated carbocycles. The van der Waals surface area contributed by atoms with Crippen molar-refractivity contribution in [3.8, 4) is 5.75 Å². The molecule has 0 aromatic carbocycles. The lowest BCUT2D eigenvalue weighted by molar-refractivity contribution is 0.0688. The fourth-order valence-electron chi connectivity index (χ4n) is 2.41. The summed E-state index contributed by atoms with van der Waals surface area (Å²) >= 11 is 5.02. The summed E-state index contributed by atoms with van der Waals surface area (Å²) < 4.78 is 7.38. The van der Waals surface area contributed by atoms with Crippen molar-refractivity contribution in [1.82, 2.24) is 15.2 Å². The molecule has 0 fully saturated rings. The largest absolute Gasteiger partial charge is 0.540 e. The minimum Gasteiger partial charge on any atom is -0.540 e. The minimum atomic E-state index is -2.32. The molecule has 0 atom stereocenters. The molecule has 3 aromatic rings. The van der Waals surface area contributed by atoms with Gasteiger partial charge in [-0.25, -0.2) is 9.78 Å². The molecule has 0 saturated heterocycles. The number of hydrogen-bond donors (Lipinski definition) is 1. The van der Waals surface area contributed by atoms with Crippen molar-refractivity contribution in [1.29, 1.82) is 0 Å². The lowest BCUT2D eigenvalue weighted by Gasteiger charge is -2.36. The van der Waals surface area contributed by atoms with Crippen LogP contribution in [0.15, 0.2) is 28.2 Å². The Kier molecular flexibility index (Phi) is 5.93. The molecule has 0 aliphatic heterocycles. The third-order valence-electron chi connectivity index (χ3n) is 5.02. The fraction of sp³-hybridized carbons (Fsp3) is 0.300. The monoisotopic (exact) mass is 491 g/mol. The van der Waals surface area contributed by atoms with Gasteiger partial charge in [0.2, 0.25) is 0 Å². The number of nitrogens with zero attached hydrogens (tertiary/aromatic N) is 3. The molecule has 152 valence electrons. The summed E-state index contributed by atoms with van der Waals surface area (Å²) in [6.45, 7) is 10.4. The maximum Gasteiger partial charge on any atom is 0.358 e. The number of fused-ring (bicyclic) bond motifs is 1. The second-order valence-electron chi connectivity index (χ2n) is 8.11. The van der Waals surface area contributed by atoms with E-state index in [1.165, 1.54) is 0 Å². The number of rotatable bonds is 5. The second kappa shape index (κ2) is 7.96. The number of carboxylic acids is 1. The predicted molar refractivity (Wildman–Crippen MR) is 123 cm³/mol. The Morgan fingerprint density at radius 1 is 1.24 bits per heavy atom. The summed E-state index contributed by atoms with van der Waals surface area (Å²) in [5.74, 6) is -0.956. The van der Waals surface area contributed by atoms with Gasteiger partial charge < -0.3 is 9.53 Å². The first-order valence-electron chi connectivity index (χ1n) is 9.01. The van der Waals surface area contributed by atoms with Crippen molar-refractivity contribution in [2.24, 2.45) is 0 Å². The number of pyridine rings is 1. The summed E-state index contributed by atoms with van der Waals surface area (Å²) in [5.41, 5.74) is 0.783. The van der Waals surface area contributed by atoms with E-state index in [1.807, 2.05) is 18.2 Å². The highest BCUT2D eigenvalue weighted by Gasteiger charge is 2.40. The van der Waals surface area contributed by atoms with Crippen molar-refractivity contribution in [2.45, 2.75) is 38.9 Å². The van der Waals surface area contributed by atoms with Gasteiger partial charge in [0.1, 0.15) is 5.52 Å². The van der Waals surface area contributed by atoms with Crippen LogP contribution < -0.4 is 4.43 Å². The first-order chi connectivity index (χ1) is 13.5. The smallest absolute Gasteiger partial charge is 0.358 e. The van der Waals surface area contributed by atoms with E-state index in [-0.39, 0.29) is 16.5 Å². The molecule has 0 spiro atoms. The Labute approximate surface area is 182 Å². The first kappa shape index (κ1) is 21.6. The van der Waals surface area contributed by atoms with Crippen molar-refractivity contribution in [3.05, 3.63) is 44.4 Å². The second-order valence-corrected chi connectivity index (χ2v) is 15.3. The standard InChI is InChI=1S/C20H22BrN3O3SSi/c1-20(2,3)29(4,5)27-18-16-13(10-11-22-24-16)14(23-17(18)19(25)26)8-6-12-7-9-15(21)28-12/h6-11H,1-5H3,(H,25,26). The minimum absolute atomic E-state index is 0.109. The highest BCUT2D eigenvalue weighted by atomic mass is 79.9. The van der Waals surface area contributed by atoms with Crippen molar-refractivity contribution in [2.75, 3.05) is 0 Å². The van der Waals surface area contributed by atoms with Gasteiger partial charge in [-0.05, 0) is 64.4 Å². The summed E-state index contributed by atoms with van der Waals surface area (Å²) in [7, 11) is -2.32. The van der Waals surface area contributed by atoms with Gasteiger partial charge in [-0.15, -0.1) is 16.4 Å². The highest BCUT2D eigenvalue weighted by molar-refractivity contribution is 9.11. The van der Waals surface area contributed by atoms with E-state index in [1.54, 1.807) is 29.7 Å². The van der Waals surface area contributed by atoms with Crippen LogP contribution in [0.25, 0.3) is 23.1 Å². The van der Waals surface area contributed by atoms with Crippen molar-refractivity contribution in [3.63, 3.8) is 0 Å². The van der Waals surface area contributed by atoms with E-state index in [4.69, 9.17) is 4.43 Å². The van der Waals surface area contributed by atoms with Crippen LogP contribution in [-0.2, 0) is 0 Å². The van der Waals surface area contributed by atoms with Crippen molar-refractivity contribution >= 4 is 64.6 Å².